The van der Waals surface area contributed by atoms with E-state index in [0.717, 1.165) is 39.0 Å². The van der Waals surface area contributed by atoms with Gasteiger partial charge in [0.1, 0.15) is 0 Å². The quantitative estimate of drug-likeness (QED) is 0.691. The van der Waals surface area contributed by atoms with E-state index in [0.29, 0.717) is 12.0 Å². The third-order valence-electron chi connectivity index (χ3n) is 3.38. The van der Waals surface area contributed by atoms with Gasteiger partial charge in [-0.2, -0.15) is 0 Å². The van der Waals surface area contributed by atoms with Gasteiger partial charge in [0.2, 0.25) is 5.91 Å². The Morgan fingerprint density at radius 3 is 2.67 bits per heavy atom. The molecule has 0 radical (unpaired) electrons. The van der Waals surface area contributed by atoms with Gasteiger partial charge in [-0.3, -0.25) is 4.79 Å². The van der Waals surface area contributed by atoms with Gasteiger partial charge < -0.3 is 15.4 Å². The molecule has 0 saturated carbocycles. The first kappa shape index (κ1) is 10.9. The lowest BCUT2D eigenvalue weighted by atomic mass is 10.0. The minimum Gasteiger partial charge on any atom is -0.381 e. The highest BCUT2D eigenvalue weighted by atomic mass is 16.5. The lowest BCUT2D eigenvalue weighted by Gasteiger charge is -2.25. The molecule has 4 heteroatoms. The second-order valence-corrected chi connectivity index (χ2v) is 4.59. The topological polar surface area (TPSA) is 50.4 Å². The molecule has 0 aromatic rings. The number of nitrogens with one attached hydrogen (secondary N) is 2. The highest BCUT2D eigenvalue weighted by Crippen LogP contribution is 2.15. The predicted molar refractivity (Wildman–Crippen MR) is 57.6 cm³/mol. The molecule has 0 aromatic heterocycles. The fourth-order valence-electron chi connectivity index (χ4n) is 2.32. The largest absolute Gasteiger partial charge is 0.381 e. The maximum atomic E-state index is 11.9. The number of hydrogen-bond donors (Lipinski definition) is 2. The highest BCUT2D eigenvalue weighted by molar-refractivity contribution is 5.82. The molecular weight excluding hydrogens is 192 g/mol. The Balaban J connectivity index is 1.80. The van der Waals surface area contributed by atoms with E-state index in [1.165, 1.54) is 0 Å². The van der Waals surface area contributed by atoms with Crippen LogP contribution in [0.15, 0.2) is 0 Å². The Hall–Kier alpha value is -0.610. The van der Waals surface area contributed by atoms with Crippen LogP contribution in [0, 0.1) is 5.92 Å². The number of carbonyl (C=O) groups excluding carboxylic acids is 1. The van der Waals surface area contributed by atoms with Crippen molar-refractivity contribution in [3.8, 4) is 0 Å². The standard InChI is InChI=1S/C11H20N2O2/c1-8-2-5-12-10(8)11(14)13-9-3-6-15-7-4-9/h8-10,12H,2-7H2,1H3,(H,13,14). The summed E-state index contributed by atoms with van der Waals surface area (Å²) in [7, 11) is 0. The number of ether oxygens (including phenoxy) is 1. The van der Waals surface area contributed by atoms with E-state index in [9.17, 15) is 4.79 Å². The Morgan fingerprint density at radius 2 is 2.07 bits per heavy atom. The summed E-state index contributed by atoms with van der Waals surface area (Å²) in [5.41, 5.74) is 0. The molecule has 4 nitrogen and oxygen atoms in total. The zero-order valence-electron chi connectivity index (χ0n) is 9.29. The zero-order valence-corrected chi connectivity index (χ0v) is 9.29. The van der Waals surface area contributed by atoms with Crippen molar-refractivity contribution in [3.05, 3.63) is 0 Å². The molecule has 2 unspecified atom stereocenters. The zero-order chi connectivity index (χ0) is 10.7. The van der Waals surface area contributed by atoms with Crippen LogP contribution in [0.25, 0.3) is 0 Å². The second-order valence-electron chi connectivity index (χ2n) is 4.59. The van der Waals surface area contributed by atoms with Crippen LogP contribution in [0.4, 0.5) is 0 Å². The normalized spacial score (nSPS) is 32.9. The first-order chi connectivity index (χ1) is 7.27. The maximum absolute atomic E-state index is 11.9. The minimum absolute atomic E-state index is 0.0212. The Morgan fingerprint density at radius 1 is 1.33 bits per heavy atom. The van der Waals surface area contributed by atoms with Gasteiger partial charge in [-0.1, -0.05) is 6.92 Å². The van der Waals surface area contributed by atoms with E-state index in [2.05, 4.69) is 17.6 Å². The van der Waals surface area contributed by atoms with Gasteiger partial charge in [0.15, 0.2) is 0 Å². The SMILES string of the molecule is CC1CCNC1C(=O)NC1CCOCC1. The van der Waals surface area contributed by atoms with Gasteiger partial charge >= 0.3 is 0 Å². The fourth-order valence-corrected chi connectivity index (χ4v) is 2.32. The Bertz CT molecular complexity index is 227. The summed E-state index contributed by atoms with van der Waals surface area (Å²) >= 11 is 0. The average Bonchev–Trinajstić information content (AvgIpc) is 2.66. The van der Waals surface area contributed by atoms with Gasteiger partial charge in [0.05, 0.1) is 6.04 Å². The molecule has 2 aliphatic heterocycles. The number of rotatable bonds is 2. The van der Waals surface area contributed by atoms with Crippen LogP contribution in [-0.2, 0) is 9.53 Å². The van der Waals surface area contributed by atoms with Gasteiger partial charge in [0, 0.05) is 19.3 Å². The summed E-state index contributed by atoms with van der Waals surface area (Å²) < 4.78 is 5.26. The van der Waals surface area contributed by atoms with Crippen LogP contribution in [-0.4, -0.2) is 37.7 Å². The second kappa shape index (κ2) is 4.94. The smallest absolute Gasteiger partial charge is 0.237 e. The number of carbonyl (C=O) groups is 1. The summed E-state index contributed by atoms with van der Waals surface area (Å²) in [6.45, 7) is 4.65. The van der Waals surface area contributed by atoms with Crippen LogP contribution in [0.5, 0.6) is 0 Å². The molecule has 2 atom stereocenters. The molecule has 2 heterocycles. The molecule has 86 valence electrons. The number of hydrogen-bond acceptors (Lipinski definition) is 3. The maximum Gasteiger partial charge on any atom is 0.237 e. The van der Waals surface area contributed by atoms with E-state index in [-0.39, 0.29) is 11.9 Å². The van der Waals surface area contributed by atoms with Crippen LogP contribution in [0.1, 0.15) is 26.2 Å². The van der Waals surface area contributed by atoms with Crippen molar-refractivity contribution in [1.82, 2.24) is 10.6 Å². The van der Waals surface area contributed by atoms with Crippen LogP contribution >= 0.6 is 0 Å². The lowest BCUT2D eigenvalue weighted by molar-refractivity contribution is -0.124. The minimum atomic E-state index is 0.0212. The molecule has 0 spiro atoms. The summed E-state index contributed by atoms with van der Waals surface area (Å²) in [6.07, 6.45) is 3.01. The van der Waals surface area contributed by atoms with Crippen molar-refractivity contribution >= 4 is 5.91 Å². The Labute approximate surface area is 90.8 Å². The van der Waals surface area contributed by atoms with Crippen LogP contribution in [0.3, 0.4) is 0 Å². The molecule has 15 heavy (non-hydrogen) atoms. The molecule has 0 bridgehead atoms. The van der Waals surface area contributed by atoms with Gasteiger partial charge in [-0.15, -0.1) is 0 Å². The monoisotopic (exact) mass is 212 g/mol. The predicted octanol–water partition coefficient (Wildman–Crippen LogP) is 0.280. The first-order valence-corrected chi connectivity index (χ1v) is 5.89. The fraction of sp³-hybridized carbons (Fsp3) is 0.909. The van der Waals surface area contributed by atoms with Crippen molar-refractivity contribution < 1.29 is 9.53 Å². The van der Waals surface area contributed by atoms with E-state index >= 15 is 0 Å². The van der Waals surface area contributed by atoms with E-state index in [1.807, 2.05) is 0 Å². The van der Waals surface area contributed by atoms with E-state index in [1.54, 1.807) is 0 Å². The molecule has 2 fully saturated rings. The van der Waals surface area contributed by atoms with Crippen LogP contribution < -0.4 is 10.6 Å². The summed E-state index contributed by atoms with van der Waals surface area (Å²) in [4.78, 5) is 11.9. The average molecular weight is 212 g/mol. The third kappa shape index (κ3) is 2.69. The molecule has 0 aromatic carbocycles. The van der Waals surface area contributed by atoms with Crippen LogP contribution in [0.2, 0.25) is 0 Å². The molecule has 2 N–H and O–H groups in total. The number of amides is 1. The van der Waals surface area contributed by atoms with Crippen molar-refractivity contribution in [2.24, 2.45) is 5.92 Å². The van der Waals surface area contributed by atoms with Crippen molar-refractivity contribution in [3.63, 3.8) is 0 Å². The van der Waals surface area contributed by atoms with Crippen molar-refractivity contribution in [2.45, 2.75) is 38.3 Å². The Kier molecular flexibility index (Phi) is 3.59. The molecule has 0 aliphatic carbocycles. The van der Waals surface area contributed by atoms with Gasteiger partial charge in [-0.05, 0) is 31.7 Å². The first-order valence-electron chi connectivity index (χ1n) is 5.89. The lowest BCUT2D eigenvalue weighted by Crippen LogP contribution is -2.48. The van der Waals surface area contributed by atoms with E-state index < -0.39 is 0 Å². The molecule has 2 rings (SSSR count). The molecule has 2 aliphatic rings. The molecule has 1 amide bonds. The van der Waals surface area contributed by atoms with Gasteiger partial charge in [-0.25, -0.2) is 0 Å². The van der Waals surface area contributed by atoms with Crippen molar-refractivity contribution in [1.29, 1.82) is 0 Å². The summed E-state index contributed by atoms with van der Waals surface area (Å²) in [6, 6.07) is 0.341. The third-order valence-corrected chi connectivity index (χ3v) is 3.38. The van der Waals surface area contributed by atoms with E-state index in [4.69, 9.17) is 4.74 Å². The molecular formula is C11H20N2O2. The summed E-state index contributed by atoms with van der Waals surface area (Å²) in [5.74, 6) is 0.636. The van der Waals surface area contributed by atoms with Gasteiger partial charge in [0.25, 0.3) is 0 Å². The highest BCUT2D eigenvalue weighted by Gasteiger charge is 2.30. The van der Waals surface area contributed by atoms with Crippen molar-refractivity contribution in [2.75, 3.05) is 19.8 Å². The molecule has 2 saturated heterocycles. The summed E-state index contributed by atoms with van der Waals surface area (Å²) in [5, 5.41) is 6.36.